The Morgan fingerprint density at radius 1 is 1.00 bits per heavy atom. The molecule has 0 saturated heterocycles. The Kier molecular flexibility index (Phi) is 9.40. The second-order valence-corrected chi connectivity index (χ2v) is 7.48. The molecule has 0 aliphatic heterocycles. The third-order valence-corrected chi connectivity index (χ3v) is 4.97. The molecular weight excluding hydrogens is 391 g/mol. The Balaban J connectivity index is 2.24. The van der Waals surface area contributed by atoms with E-state index in [1.165, 1.54) is 17.7 Å². The maximum Gasteiger partial charge on any atom is 0.421 e. The van der Waals surface area contributed by atoms with Crippen molar-refractivity contribution >= 4 is 11.5 Å². The summed E-state index contributed by atoms with van der Waals surface area (Å²) < 4.78 is 46.2. The van der Waals surface area contributed by atoms with Gasteiger partial charge in [-0.25, -0.2) is 4.98 Å². The SMILES string of the molecule is CCCCCCc1cccc(N(C)c2nc(OCCCCC)ncc2C(F)(F)F)c1. The molecule has 0 spiro atoms. The van der Waals surface area contributed by atoms with Crippen molar-refractivity contribution in [2.45, 2.75) is 71.4 Å². The number of anilines is 2. The number of rotatable bonds is 12. The smallest absolute Gasteiger partial charge is 0.421 e. The first-order chi connectivity index (χ1) is 14.4. The average molecular weight is 424 g/mol. The number of hydrogen-bond donors (Lipinski definition) is 0. The lowest BCUT2D eigenvalue weighted by atomic mass is 10.1. The fourth-order valence-corrected chi connectivity index (χ4v) is 3.20. The van der Waals surface area contributed by atoms with Crippen LogP contribution in [0.3, 0.4) is 0 Å². The van der Waals surface area contributed by atoms with E-state index >= 15 is 0 Å². The number of aryl methyl sites for hydroxylation is 1. The van der Waals surface area contributed by atoms with Crippen LogP contribution in [0.1, 0.15) is 69.9 Å². The maximum absolute atomic E-state index is 13.6. The van der Waals surface area contributed by atoms with Crippen molar-refractivity contribution in [3.63, 3.8) is 0 Å². The molecule has 0 aliphatic rings. The van der Waals surface area contributed by atoms with Crippen molar-refractivity contribution < 1.29 is 17.9 Å². The molecule has 7 heteroatoms. The van der Waals surface area contributed by atoms with Crippen LogP contribution in [-0.4, -0.2) is 23.6 Å². The predicted octanol–water partition coefficient (Wildman–Crippen LogP) is 6.96. The van der Waals surface area contributed by atoms with Gasteiger partial charge in [0.2, 0.25) is 0 Å². The summed E-state index contributed by atoms with van der Waals surface area (Å²) in [5.74, 6) is -0.203. The molecule has 2 rings (SSSR count). The predicted molar refractivity (Wildman–Crippen MR) is 114 cm³/mol. The van der Waals surface area contributed by atoms with Crippen molar-refractivity contribution in [3.8, 4) is 6.01 Å². The minimum atomic E-state index is -4.55. The van der Waals surface area contributed by atoms with E-state index in [0.717, 1.165) is 50.3 Å². The Morgan fingerprint density at radius 2 is 1.73 bits per heavy atom. The monoisotopic (exact) mass is 423 g/mol. The number of aromatic nitrogens is 2. The standard InChI is InChI=1S/C23H32F3N3O/c1-4-6-8-9-12-18-13-11-14-19(16-18)29(3)21-20(23(24,25)26)17-27-22(28-21)30-15-10-7-5-2/h11,13-14,16-17H,4-10,12,15H2,1-3H3. The molecule has 0 amide bonds. The zero-order chi connectivity index (χ0) is 22.0. The highest BCUT2D eigenvalue weighted by molar-refractivity contribution is 5.63. The van der Waals surface area contributed by atoms with Gasteiger partial charge in [-0.15, -0.1) is 0 Å². The topological polar surface area (TPSA) is 38.2 Å². The largest absolute Gasteiger partial charge is 0.463 e. The van der Waals surface area contributed by atoms with Gasteiger partial charge in [-0.3, -0.25) is 0 Å². The number of alkyl halides is 3. The van der Waals surface area contributed by atoms with E-state index in [0.29, 0.717) is 12.3 Å². The van der Waals surface area contributed by atoms with Crippen LogP contribution in [0, 0.1) is 0 Å². The fraction of sp³-hybridized carbons (Fsp3) is 0.565. The summed E-state index contributed by atoms with van der Waals surface area (Å²) in [6.07, 6.45) is 4.56. The normalized spacial score (nSPS) is 11.5. The van der Waals surface area contributed by atoms with E-state index < -0.39 is 11.7 Å². The van der Waals surface area contributed by atoms with Crippen LogP contribution in [0.15, 0.2) is 30.5 Å². The summed E-state index contributed by atoms with van der Waals surface area (Å²) >= 11 is 0. The van der Waals surface area contributed by atoms with Gasteiger partial charge < -0.3 is 9.64 Å². The number of halogens is 3. The second kappa shape index (κ2) is 11.8. The fourth-order valence-electron chi connectivity index (χ4n) is 3.20. The molecular formula is C23H32F3N3O. The number of unbranched alkanes of at least 4 members (excludes halogenated alkanes) is 5. The number of ether oxygens (including phenoxy) is 1. The highest BCUT2D eigenvalue weighted by atomic mass is 19.4. The van der Waals surface area contributed by atoms with Crippen LogP contribution in [0.25, 0.3) is 0 Å². The minimum absolute atomic E-state index is 0.0309. The maximum atomic E-state index is 13.6. The van der Waals surface area contributed by atoms with Crippen molar-refractivity contribution in [3.05, 3.63) is 41.6 Å². The average Bonchev–Trinajstić information content (AvgIpc) is 2.73. The first kappa shape index (κ1) is 24.0. The van der Waals surface area contributed by atoms with Crippen LogP contribution in [0.4, 0.5) is 24.7 Å². The first-order valence-electron chi connectivity index (χ1n) is 10.8. The molecule has 1 aromatic carbocycles. The molecule has 166 valence electrons. The molecule has 4 nitrogen and oxygen atoms in total. The van der Waals surface area contributed by atoms with Gasteiger partial charge in [-0.1, -0.05) is 58.1 Å². The molecule has 0 radical (unpaired) electrons. The van der Waals surface area contributed by atoms with Gasteiger partial charge in [0.15, 0.2) is 5.82 Å². The van der Waals surface area contributed by atoms with Crippen LogP contribution < -0.4 is 9.64 Å². The van der Waals surface area contributed by atoms with Crippen LogP contribution >= 0.6 is 0 Å². The minimum Gasteiger partial charge on any atom is -0.463 e. The van der Waals surface area contributed by atoms with E-state index in [-0.39, 0.29) is 11.8 Å². The quantitative estimate of drug-likeness (QED) is 0.346. The molecule has 30 heavy (non-hydrogen) atoms. The van der Waals surface area contributed by atoms with E-state index in [2.05, 4.69) is 23.8 Å². The zero-order valence-corrected chi connectivity index (χ0v) is 18.1. The molecule has 1 heterocycles. The Labute approximate surface area is 177 Å². The first-order valence-corrected chi connectivity index (χ1v) is 10.8. The van der Waals surface area contributed by atoms with Crippen molar-refractivity contribution in [2.24, 2.45) is 0 Å². The van der Waals surface area contributed by atoms with Gasteiger partial charge in [0.1, 0.15) is 5.56 Å². The molecule has 1 aromatic heterocycles. The molecule has 0 atom stereocenters. The Morgan fingerprint density at radius 3 is 2.43 bits per heavy atom. The summed E-state index contributed by atoms with van der Waals surface area (Å²) in [5.41, 5.74) is 0.887. The van der Waals surface area contributed by atoms with E-state index in [4.69, 9.17) is 4.74 Å². The molecule has 0 fully saturated rings. The Hall–Kier alpha value is -2.31. The molecule has 0 N–H and O–H groups in total. The third kappa shape index (κ3) is 7.18. The molecule has 0 unspecified atom stereocenters. The lowest BCUT2D eigenvalue weighted by molar-refractivity contribution is -0.137. The van der Waals surface area contributed by atoms with Crippen molar-refractivity contribution in [1.29, 1.82) is 0 Å². The number of benzene rings is 1. The third-order valence-electron chi connectivity index (χ3n) is 4.97. The molecule has 2 aromatic rings. The van der Waals surface area contributed by atoms with Crippen LogP contribution in [0.2, 0.25) is 0 Å². The lowest BCUT2D eigenvalue weighted by Crippen LogP contribution is -2.19. The van der Waals surface area contributed by atoms with E-state index in [1.54, 1.807) is 13.1 Å². The number of hydrogen-bond acceptors (Lipinski definition) is 4. The van der Waals surface area contributed by atoms with Gasteiger partial charge in [0, 0.05) is 18.9 Å². The highest BCUT2D eigenvalue weighted by Crippen LogP contribution is 2.37. The van der Waals surface area contributed by atoms with E-state index in [9.17, 15) is 13.2 Å². The summed E-state index contributed by atoms with van der Waals surface area (Å²) in [5, 5.41) is 0. The second-order valence-electron chi connectivity index (χ2n) is 7.48. The summed E-state index contributed by atoms with van der Waals surface area (Å²) in [7, 11) is 1.59. The van der Waals surface area contributed by atoms with Crippen LogP contribution in [-0.2, 0) is 12.6 Å². The van der Waals surface area contributed by atoms with Gasteiger partial charge in [-0.2, -0.15) is 18.2 Å². The Bertz CT molecular complexity index is 781. The summed E-state index contributed by atoms with van der Waals surface area (Å²) in [6, 6.07) is 7.57. The zero-order valence-electron chi connectivity index (χ0n) is 18.1. The van der Waals surface area contributed by atoms with Gasteiger partial charge in [0.25, 0.3) is 0 Å². The van der Waals surface area contributed by atoms with E-state index in [1.807, 2.05) is 18.2 Å². The van der Waals surface area contributed by atoms with Gasteiger partial charge in [0.05, 0.1) is 6.61 Å². The number of nitrogens with zero attached hydrogens (tertiary/aromatic N) is 3. The molecule has 0 bridgehead atoms. The van der Waals surface area contributed by atoms with Crippen molar-refractivity contribution in [2.75, 3.05) is 18.6 Å². The molecule has 0 saturated carbocycles. The highest BCUT2D eigenvalue weighted by Gasteiger charge is 2.36. The van der Waals surface area contributed by atoms with Gasteiger partial charge in [-0.05, 0) is 37.0 Å². The van der Waals surface area contributed by atoms with Gasteiger partial charge >= 0.3 is 12.2 Å². The summed E-state index contributed by atoms with van der Waals surface area (Å²) in [6.45, 7) is 4.62. The molecule has 0 aliphatic carbocycles. The summed E-state index contributed by atoms with van der Waals surface area (Å²) in [4.78, 5) is 9.33. The van der Waals surface area contributed by atoms with Crippen LogP contribution in [0.5, 0.6) is 6.01 Å². The van der Waals surface area contributed by atoms with Crippen molar-refractivity contribution in [1.82, 2.24) is 9.97 Å². The lowest BCUT2D eigenvalue weighted by Gasteiger charge is -2.23.